The lowest BCUT2D eigenvalue weighted by Gasteiger charge is -2.60. The summed E-state index contributed by atoms with van der Waals surface area (Å²) in [6, 6.07) is 56.0. The van der Waals surface area contributed by atoms with E-state index in [4.69, 9.17) is 4.42 Å². The van der Waals surface area contributed by atoms with Crippen molar-refractivity contribution in [3.63, 3.8) is 0 Å². The molecule has 0 saturated heterocycles. The Morgan fingerprint density at radius 2 is 1.13 bits per heavy atom. The van der Waals surface area contributed by atoms with Gasteiger partial charge in [0, 0.05) is 55.7 Å². The molecule has 1 fully saturated rings. The van der Waals surface area contributed by atoms with Gasteiger partial charge < -0.3 is 14.2 Å². The molecule has 4 atom stereocenters. The second-order valence-electron chi connectivity index (χ2n) is 31.3. The van der Waals surface area contributed by atoms with Crippen LogP contribution in [-0.4, -0.2) is 6.71 Å². The maximum Gasteiger partial charge on any atom is 0.252 e. The molecule has 4 unspecified atom stereocenters. The van der Waals surface area contributed by atoms with E-state index in [0.29, 0.717) is 11.8 Å². The van der Waals surface area contributed by atoms with Crippen molar-refractivity contribution in [1.29, 1.82) is 0 Å². The lowest BCUT2D eigenvalue weighted by molar-refractivity contribution is -0.00226. The summed E-state index contributed by atoms with van der Waals surface area (Å²) in [5.41, 5.74) is 31.0. The molecule has 426 valence electrons. The van der Waals surface area contributed by atoms with Gasteiger partial charge in [0.1, 0.15) is 11.2 Å². The van der Waals surface area contributed by atoms with Crippen molar-refractivity contribution in [1.82, 2.24) is 0 Å². The third-order valence-corrected chi connectivity index (χ3v) is 23.9. The minimum absolute atomic E-state index is 0.0247. The second-order valence-corrected chi connectivity index (χ2v) is 31.3. The van der Waals surface area contributed by atoms with Crippen LogP contribution in [0.4, 0.5) is 34.1 Å². The van der Waals surface area contributed by atoms with E-state index in [1.807, 2.05) is 0 Å². The van der Waals surface area contributed by atoms with Crippen LogP contribution in [-0.2, 0) is 38.9 Å². The zero-order valence-electron chi connectivity index (χ0n) is 53.3. The van der Waals surface area contributed by atoms with Crippen LogP contribution >= 0.6 is 0 Å². The molecule has 8 aromatic carbocycles. The molecule has 4 heteroatoms. The van der Waals surface area contributed by atoms with E-state index in [1.165, 1.54) is 139 Å². The van der Waals surface area contributed by atoms with Gasteiger partial charge in [0.15, 0.2) is 0 Å². The fraction of sp³-hybridized carbons (Fsp3) is 0.400. The number of fused-ring (bicyclic) bond motifs is 13. The number of para-hydroxylation sites is 1. The first-order chi connectivity index (χ1) is 39.7. The monoisotopic (exact) mass is 1100 g/mol. The summed E-state index contributed by atoms with van der Waals surface area (Å²) < 4.78 is 6.56. The molecule has 3 heterocycles. The molecule has 0 radical (unpaired) electrons. The maximum atomic E-state index is 6.56. The minimum atomic E-state index is -0.233. The number of aryl methyl sites for hydroxylation is 2. The van der Waals surface area contributed by atoms with E-state index >= 15 is 0 Å². The summed E-state index contributed by atoms with van der Waals surface area (Å²) >= 11 is 0. The molecule has 0 N–H and O–H groups in total. The van der Waals surface area contributed by atoms with Crippen LogP contribution in [0.25, 0.3) is 21.9 Å². The van der Waals surface area contributed by atoms with Gasteiger partial charge in [-0.3, -0.25) is 0 Å². The Morgan fingerprint density at radius 1 is 0.512 bits per heavy atom. The summed E-state index contributed by atoms with van der Waals surface area (Å²) in [4.78, 5) is 5.43. The zero-order chi connectivity index (χ0) is 58.7. The van der Waals surface area contributed by atoms with Crippen LogP contribution in [0, 0.1) is 25.2 Å². The van der Waals surface area contributed by atoms with Gasteiger partial charge in [-0.1, -0.05) is 195 Å². The Balaban J connectivity index is 1.00. The van der Waals surface area contributed by atoms with E-state index in [0.717, 1.165) is 34.0 Å². The van der Waals surface area contributed by atoms with E-state index in [-0.39, 0.29) is 44.6 Å². The molecule has 15 rings (SSSR count). The molecule has 4 aliphatic carbocycles. The van der Waals surface area contributed by atoms with E-state index in [1.54, 1.807) is 11.1 Å². The largest absolute Gasteiger partial charge is 0.456 e. The zero-order valence-corrected chi connectivity index (χ0v) is 53.3. The highest BCUT2D eigenvalue weighted by Gasteiger charge is 2.57. The molecule has 2 aliphatic heterocycles. The Kier molecular flexibility index (Phi) is 11.3. The first-order valence-corrected chi connectivity index (χ1v) is 32.1. The number of anilines is 6. The number of rotatable bonds is 4. The maximum absolute atomic E-state index is 6.56. The molecule has 84 heavy (non-hydrogen) atoms. The Bertz CT molecular complexity index is 4290. The van der Waals surface area contributed by atoms with Crippen LogP contribution in [0.1, 0.15) is 208 Å². The van der Waals surface area contributed by atoms with Crippen molar-refractivity contribution >= 4 is 79.2 Å². The molecule has 1 saturated carbocycles. The van der Waals surface area contributed by atoms with Gasteiger partial charge in [0.2, 0.25) is 0 Å². The van der Waals surface area contributed by atoms with Crippen LogP contribution in [0.15, 0.2) is 144 Å². The standard InChI is InChI=1S/C80H87BN2O/c1-47-37-69-73-70(38-47)83(66-45-61-60(39-48(66)2)75(7,8)35-36-76(61,9)10)67-41-50(49(3)58-40-51-27-29-52(74(4,5)6)42-59(51)80(16)34-22-21-33-79(58,80)15)28-31-64(67)81(73)65-44-62-63(78(13,14)57-25-19-18-24-56(57)77(62,11)12)46-68(65)82(69)53-30-32-72-55(43-53)54-23-17-20-26-71(54)84-72/h17-20,23-32,37-39,41-46,49,58H,21-22,33-36,40H2,1-16H3. The molecular formula is C80H87BN2O. The molecule has 6 aliphatic rings. The molecule has 0 spiro atoms. The third-order valence-electron chi connectivity index (χ3n) is 23.9. The minimum Gasteiger partial charge on any atom is -0.456 e. The normalized spacial score (nSPS) is 23.1. The molecule has 0 amide bonds. The topological polar surface area (TPSA) is 19.6 Å². The van der Waals surface area contributed by atoms with E-state index in [2.05, 4.69) is 260 Å². The van der Waals surface area contributed by atoms with E-state index in [9.17, 15) is 0 Å². The van der Waals surface area contributed by atoms with Crippen molar-refractivity contribution in [3.05, 3.63) is 206 Å². The number of furan rings is 1. The number of nitrogens with zero attached hydrogens (tertiary/aromatic N) is 2. The van der Waals surface area contributed by atoms with Crippen molar-refractivity contribution in [2.75, 3.05) is 9.80 Å². The molecular weight excluding hydrogens is 1020 g/mol. The average Bonchev–Trinajstić information content (AvgIpc) is 2.81. The van der Waals surface area contributed by atoms with Gasteiger partial charge in [-0.05, 0) is 223 Å². The molecule has 3 nitrogen and oxygen atoms in total. The van der Waals surface area contributed by atoms with Crippen LogP contribution in [0.3, 0.4) is 0 Å². The van der Waals surface area contributed by atoms with Crippen LogP contribution in [0.5, 0.6) is 0 Å². The van der Waals surface area contributed by atoms with Gasteiger partial charge in [-0.2, -0.15) is 0 Å². The smallest absolute Gasteiger partial charge is 0.252 e. The summed E-state index contributed by atoms with van der Waals surface area (Å²) in [6.07, 6.45) is 8.59. The fourth-order valence-corrected chi connectivity index (χ4v) is 18.4. The Morgan fingerprint density at radius 3 is 1.85 bits per heavy atom. The predicted molar refractivity (Wildman–Crippen MR) is 358 cm³/mol. The lowest BCUT2D eigenvalue weighted by Crippen LogP contribution is -2.62. The Hall–Kier alpha value is -6.78. The van der Waals surface area contributed by atoms with Crippen molar-refractivity contribution in [3.8, 4) is 0 Å². The Labute approximate surface area is 502 Å². The highest BCUT2D eigenvalue weighted by atomic mass is 16.3. The third kappa shape index (κ3) is 7.36. The van der Waals surface area contributed by atoms with Gasteiger partial charge in [-0.25, -0.2) is 0 Å². The van der Waals surface area contributed by atoms with Crippen molar-refractivity contribution < 1.29 is 4.42 Å². The highest BCUT2D eigenvalue weighted by Crippen LogP contribution is 2.64. The second kappa shape index (κ2) is 17.7. The quantitative estimate of drug-likeness (QED) is 0.164. The van der Waals surface area contributed by atoms with Gasteiger partial charge in [0.05, 0.1) is 0 Å². The molecule has 0 bridgehead atoms. The predicted octanol–water partition coefficient (Wildman–Crippen LogP) is 19.7. The molecule has 1 aromatic heterocycles. The number of hydrogen-bond acceptors (Lipinski definition) is 3. The van der Waals surface area contributed by atoms with Crippen LogP contribution < -0.4 is 26.2 Å². The lowest BCUT2D eigenvalue weighted by atomic mass is 9.33. The number of benzene rings is 8. The van der Waals surface area contributed by atoms with Gasteiger partial charge >= 0.3 is 0 Å². The summed E-state index contributed by atoms with van der Waals surface area (Å²) in [5, 5.41) is 2.29. The summed E-state index contributed by atoms with van der Waals surface area (Å²) in [7, 11) is 0. The summed E-state index contributed by atoms with van der Waals surface area (Å²) in [6.45, 7) is 39.7. The van der Waals surface area contributed by atoms with Crippen molar-refractivity contribution in [2.45, 2.75) is 194 Å². The fourth-order valence-electron chi connectivity index (χ4n) is 18.4. The first kappa shape index (κ1) is 53.9. The van der Waals surface area contributed by atoms with Crippen molar-refractivity contribution in [2.24, 2.45) is 11.3 Å². The average molecular weight is 1100 g/mol. The van der Waals surface area contributed by atoms with Crippen LogP contribution in [0.2, 0.25) is 0 Å². The SMILES string of the molecule is Cc1cc2c3c(c1)N(c1cc4c(cc1C)C(C)(C)CCC4(C)C)c1cc(C(C)C4Cc5ccc(C(C)(C)C)cc5C5(C)CCCCC45C)ccc1B3c1cc3c(cc1N2c1ccc2oc4ccccc4c2c1)C(C)(C)c1ccccc1C3(C)C. The van der Waals surface area contributed by atoms with E-state index < -0.39 is 0 Å². The van der Waals surface area contributed by atoms with Gasteiger partial charge in [-0.15, -0.1) is 0 Å². The first-order valence-electron chi connectivity index (χ1n) is 32.1. The highest BCUT2D eigenvalue weighted by molar-refractivity contribution is 7.00. The number of hydrogen-bond donors (Lipinski definition) is 0. The van der Waals surface area contributed by atoms with Gasteiger partial charge in [0.25, 0.3) is 6.71 Å². The summed E-state index contributed by atoms with van der Waals surface area (Å²) in [5.74, 6) is 0.807. The molecule has 9 aromatic rings.